The molecule has 1 aromatic heterocycles. The normalized spacial score (nSPS) is 11.3. The number of fused-ring (bicyclic) bond motifs is 1. The molecule has 4 rings (SSSR count). The molecule has 3 aromatic carbocycles. The van der Waals surface area contributed by atoms with Crippen LogP contribution in [0.5, 0.6) is 0 Å². The maximum absolute atomic E-state index is 13.2. The molecule has 0 N–H and O–H groups in total. The van der Waals surface area contributed by atoms with Gasteiger partial charge in [0.25, 0.3) is 5.56 Å². The fraction of sp³-hybridized carbons (Fsp3) is 0.0833. The third kappa shape index (κ3) is 3.32. The van der Waals surface area contributed by atoms with E-state index in [2.05, 4.69) is 13.8 Å². The molecule has 1 heterocycles. The summed E-state index contributed by atoms with van der Waals surface area (Å²) in [5.41, 5.74) is 4.87. The fourth-order valence-electron chi connectivity index (χ4n) is 3.11. The second-order valence-corrected chi connectivity index (χ2v) is 6.64. The molecule has 0 fully saturated rings. The van der Waals surface area contributed by atoms with Crippen LogP contribution in [0.1, 0.15) is 22.5 Å². The summed E-state index contributed by atoms with van der Waals surface area (Å²) in [7, 11) is 0. The largest absolute Gasteiger partial charge is 0.268 e. The van der Waals surface area contributed by atoms with Crippen LogP contribution in [0.2, 0.25) is 0 Å². The zero-order chi connectivity index (χ0) is 18.8. The number of benzene rings is 3. The van der Waals surface area contributed by atoms with E-state index in [4.69, 9.17) is 4.98 Å². The Hall–Kier alpha value is -3.46. The highest BCUT2D eigenvalue weighted by molar-refractivity contribution is 5.80. The van der Waals surface area contributed by atoms with Crippen LogP contribution in [0.25, 0.3) is 28.7 Å². The van der Waals surface area contributed by atoms with Crippen molar-refractivity contribution in [3.05, 3.63) is 106 Å². The Morgan fingerprint density at radius 1 is 0.815 bits per heavy atom. The van der Waals surface area contributed by atoms with E-state index >= 15 is 0 Å². The second-order valence-electron chi connectivity index (χ2n) is 6.64. The van der Waals surface area contributed by atoms with E-state index in [1.54, 1.807) is 4.57 Å². The average Bonchev–Trinajstić information content (AvgIpc) is 2.70. The number of aromatic nitrogens is 2. The van der Waals surface area contributed by atoms with Crippen LogP contribution in [0.15, 0.2) is 77.6 Å². The molecule has 0 saturated heterocycles. The lowest BCUT2D eigenvalue weighted by Gasteiger charge is -2.13. The lowest BCUT2D eigenvalue weighted by atomic mass is 10.1. The van der Waals surface area contributed by atoms with Gasteiger partial charge in [-0.3, -0.25) is 9.36 Å². The first-order valence-corrected chi connectivity index (χ1v) is 8.96. The maximum Gasteiger partial charge on any atom is 0.266 e. The maximum atomic E-state index is 13.2. The molecule has 132 valence electrons. The monoisotopic (exact) mass is 352 g/mol. The third-order valence-corrected chi connectivity index (χ3v) is 4.77. The van der Waals surface area contributed by atoms with Gasteiger partial charge in [-0.1, -0.05) is 54.6 Å². The minimum atomic E-state index is -0.0587. The first kappa shape index (κ1) is 17.0. The van der Waals surface area contributed by atoms with E-state index in [1.807, 2.05) is 84.9 Å². The predicted molar refractivity (Wildman–Crippen MR) is 112 cm³/mol. The van der Waals surface area contributed by atoms with Gasteiger partial charge in [0.1, 0.15) is 5.82 Å². The van der Waals surface area contributed by atoms with Gasteiger partial charge in [0, 0.05) is 0 Å². The van der Waals surface area contributed by atoms with Gasteiger partial charge in [0.15, 0.2) is 0 Å². The fourth-order valence-corrected chi connectivity index (χ4v) is 3.11. The Labute approximate surface area is 158 Å². The van der Waals surface area contributed by atoms with Gasteiger partial charge in [-0.2, -0.15) is 0 Å². The lowest BCUT2D eigenvalue weighted by molar-refractivity contribution is 0.941. The molecule has 3 nitrogen and oxygen atoms in total. The van der Waals surface area contributed by atoms with Crippen molar-refractivity contribution in [1.29, 1.82) is 0 Å². The summed E-state index contributed by atoms with van der Waals surface area (Å²) in [6.45, 7) is 4.12. The summed E-state index contributed by atoms with van der Waals surface area (Å²) in [6.07, 6.45) is 3.88. The smallest absolute Gasteiger partial charge is 0.266 e. The van der Waals surface area contributed by atoms with E-state index in [0.29, 0.717) is 16.7 Å². The molecule has 0 aliphatic rings. The van der Waals surface area contributed by atoms with Crippen molar-refractivity contribution in [3.8, 4) is 5.69 Å². The van der Waals surface area contributed by atoms with E-state index < -0.39 is 0 Å². The minimum absolute atomic E-state index is 0.0587. The molecule has 0 amide bonds. The van der Waals surface area contributed by atoms with Gasteiger partial charge in [-0.25, -0.2) is 4.98 Å². The van der Waals surface area contributed by atoms with E-state index in [0.717, 1.165) is 16.8 Å². The molecule has 0 aliphatic heterocycles. The Balaban J connectivity index is 1.97. The highest BCUT2D eigenvalue weighted by atomic mass is 16.1. The highest BCUT2D eigenvalue weighted by Crippen LogP contribution is 2.18. The second kappa shape index (κ2) is 7.04. The molecule has 0 unspecified atom stereocenters. The highest BCUT2D eigenvalue weighted by Gasteiger charge is 2.11. The molecule has 0 bridgehead atoms. The van der Waals surface area contributed by atoms with Crippen molar-refractivity contribution in [2.45, 2.75) is 13.8 Å². The van der Waals surface area contributed by atoms with E-state index in [-0.39, 0.29) is 5.56 Å². The van der Waals surface area contributed by atoms with Crippen molar-refractivity contribution in [1.82, 2.24) is 9.55 Å². The summed E-state index contributed by atoms with van der Waals surface area (Å²) in [4.78, 5) is 18.0. The number of hydrogen-bond donors (Lipinski definition) is 0. The van der Waals surface area contributed by atoms with Gasteiger partial charge < -0.3 is 0 Å². The first-order chi connectivity index (χ1) is 13.1. The van der Waals surface area contributed by atoms with E-state index in [9.17, 15) is 4.79 Å². The number of para-hydroxylation sites is 1. The van der Waals surface area contributed by atoms with Crippen LogP contribution in [0, 0.1) is 13.8 Å². The van der Waals surface area contributed by atoms with Gasteiger partial charge >= 0.3 is 0 Å². The zero-order valence-electron chi connectivity index (χ0n) is 15.4. The minimum Gasteiger partial charge on any atom is -0.268 e. The Morgan fingerprint density at radius 2 is 1.56 bits per heavy atom. The SMILES string of the molecule is Cc1ccc(-n2c(/C=C/c3ccccc3)nc3ccccc3c2=O)cc1C. The molecule has 0 saturated carbocycles. The molecule has 4 aromatic rings. The van der Waals surface area contributed by atoms with Crippen molar-refractivity contribution >= 4 is 23.1 Å². The molecule has 0 atom stereocenters. The van der Waals surface area contributed by atoms with Crippen molar-refractivity contribution in [3.63, 3.8) is 0 Å². The van der Waals surface area contributed by atoms with Crippen molar-refractivity contribution < 1.29 is 0 Å². The van der Waals surface area contributed by atoms with Gasteiger partial charge in [-0.05, 0) is 60.9 Å². The number of rotatable bonds is 3. The number of nitrogens with zero attached hydrogens (tertiary/aromatic N) is 2. The van der Waals surface area contributed by atoms with Gasteiger partial charge in [0.05, 0.1) is 16.6 Å². The first-order valence-electron chi connectivity index (χ1n) is 8.96. The Bertz CT molecular complexity index is 1200. The predicted octanol–water partition coefficient (Wildman–Crippen LogP) is 5.17. The topological polar surface area (TPSA) is 34.9 Å². The molecule has 3 heteroatoms. The van der Waals surface area contributed by atoms with Crippen LogP contribution in [0.3, 0.4) is 0 Å². The van der Waals surface area contributed by atoms with Crippen LogP contribution >= 0.6 is 0 Å². The van der Waals surface area contributed by atoms with Crippen LogP contribution in [-0.4, -0.2) is 9.55 Å². The van der Waals surface area contributed by atoms with Crippen molar-refractivity contribution in [2.75, 3.05) is 0 Å². The lowest BCUT2D eigenvalue weighted by Crippen LogP contribution is -2.22. The molecule has 0 radical (unpaired) electrons. The summed E-state index contributed by atoms with van der Waals surface area (Å²) < 4.78 is 1.69. The quantitative estimate of drug-likeness (QED) is 0.510. The van der Waals surface area contributed by atoms with Crippen LogP contribution < -0.4 is 5.56 Å². The van der Waals surface area contributed by atoms with Gasteiger partial charge in [0.2, 0.25) is 0 Å². The number of aryl methyl sites for hydroxylation is 2. The Kier molecular flexibility index (Phi) is 4.43. The van der Waals surface area contributed by atoms with E-state index in [1.165, 1.54) is 5.56 Å². The summed E-state index contributed by atoms with van der Waals surface area (Å²) in [5, 5.41) is 0.618. The zero-order valence-corrected chi connectivity index (χ0v) is 15.4. The number of hydrogen-bond acceptors (Lipinski definition) is 2. The standard InChI is InChI=1S/C24H20N2O/c1-17-12-14-20(16-18(17)2)26-23(15-13-19-8-4-3-5-9-19)25-22-11-7-6-10-21(22)24(26)27/h3-16H,1-2H3/b15-13+. The van der Waals surface area contributed by atoms with Crippen LogP contribution in [0.4, 0.5) is 0 Å². The van der Waals surface area contributed by atoms with Crippen molar-refractivity contribution in [2.24, 2.45) is 0 Å². The van der Waals surface area contributed by atoms with Gasteiger partial charge in [-0.15, -0.1) is 0 Å². The molecule has 0 aliphatic carbocycles. The molecular weight excluding hydrogens is 332 g/mol. The average molecular weight is 352 g/mol. The molecule has 0 spiro atoms. The summed E-state index contributed by atoms with van der Waals surface area (Å²) in [6, 6.07) is 23.5. The molecular formula is C24H20N2O. The molecule has 27 heavy (non-hydrogen) atoms. The Morgan fingerprint density at radius 3 is 2.33 bits per heavy atom. The van der Waals surface area contributed by atoms with Crippen LogP contribution in [-0.2, 0) is 0 Å². The summed E-state index contributed by atoms with van der Waals surface area (Å²) in [5.74, 6) is 0.616. The third-order valence-electron chi connectivity index (χ3n) is 4.77. The summed E-state index contributed by atoms with van der Waals surface area (Å²) >= 11 is 0.